The predicted octanol–water partition coefficient (Wildman–Crippen LogP) is 20.2. The second-order valence-electron chi connectivity index (χ2n) is 26.5. The van der Waals surface area contributed by atoms with Crippen LogP contribution in [0.15, 0.2) is 237 Å². The molecular weight excluding hydrogens is 1480 g/mol. The van der Waals surface area contributed by atoms with E-state index in [4.69, 9.17) is 37.9 Å². The molecule has 0 radical (unpaired) electrons. The van der Waals surface area contributed by atoms with Gasteiger partial charge in [0, 0.05) is 92.4 Å². The van der Waals surface area contributed by atoms with E-state index in [1.807, 2.05) is 19.9 Å². The van der Waals surface area contributed by atoms with Crippen LogP contribution in [0.5, 0.6) is 92.0 Å². The van der Waals surface area contributed by atoms with Gasteiger partial charge in [0.1, 0.15) is 92.0 Å². The van der Waals surface area contributed by atoms with Crippen LogP contribution in [0, 0.1) is 0 Å². The Kier molecular flexibility index (Phi) is 21.8. The Bertz CT molecular complexity index is 5950. The Labute approximate surface area is 652 Å². The molecule has 0 amide bonds. The van der Waals surface area contributed by atoms with Crippen LogP contribution >= 0.6 is 0 Å². The molecule has 0 aromatic heterocycles. The van der Waals surface area contributed by atoms with Crippen molar-refractivity contribution in [1.29, 1.82) is 0 Å². The molecular formula is C89H64O26. The zero-order chi connectivity index (χ0) is 81.8. The fourth-order valence-corrected chi connectivity index (χ4v) is 13.4. The zero-order valence-corrected chi connectivity index (χ0v) is 60.8. The van der Waals surface area contributed by atoms with Crippen LogP contribution < -0.4 is 37.9 Å². The average Bonchev–Trinajstić information content (AvgIpc) is 0.745. The molecule has 4 unspecified atom stereocenters. The molecule has 576 valence electrons. The summed E-state index contributed by atoms with van der Waals surface area (Å²) in [5.74, 6) is -18.0. The van der Waals surface area contributed by atoms with Crippen molar-refractivity contribution >= 4 is 53.7 Å². The fourth-order valence-electron chi connectivity index (χ4n) is 13.4. The van der Waals surface area contributed by atoms with Crippen LogP contribution in [0.25, 0.3) is 0 Å². The first-order chi connectivity index (χ1) is 55.0. The third-order valence-electron chi connectivity index (χ3n) is 19.2. The summed E-state index contributed by atoms with van der Waals surface area (Å²) in [7, 11) is 0. The second-order valence-corrected chi connectivity index (χ2v) is 26.5. The number of carbonyl (C=O) groups is 9. The van der Waals surface area contributed by atoms with Crippen molar-refractivity contribution in [2.75, 3.05) is 0 Å². The number of aromatic carboxylic acids is 9. The lowest BCUT2D eigenvalue weighted by Gasteiger charge is -2.29. The summed E-state index contributed by atoms with van der Waals surface area (Å²) in [5.41, 5.74) is -2.22. The van der Waals surface area contributed by atoms with Crippen LogP contribution in [0.3, 0.4) is 0 Å². The average molecular weight is 1550 g/mol. The number of rotatable bonds is 25. The third kappa shape index (κ3) is 16.7. The van der Waals surface area contributed by atoms with Gasteiger partial charge in [-0.2, -0.15) is 0 Å². The Morgan fingerprint density at radius 3 is 0.635 bits per heavy atom. The molecule has 0 saturated heterocycles. The van der Waals surface area contributed by atoms with Gasteiger partial charge in [0.15, 0.2) is 0 Å². The van der Waals surface area contributed by atoms with Gasteiger partial charge in [0.05, 0.1) is 50.1 Å². The minimum absolute atomic E-state index is 0.00210. The summed E-state index contributed by atoms with van der Waals surface area (Å²) < 4.78 is 55.2. The van der Waals surface area contributed by atoms with Gasteiger partial charge >= 0.3 is 53.7 Å². The van der Waals surface area contributed by atoms with E-state index in [2.05, 4.69) is 0 Å². The van der Waals surface area contributed by atoms with E-state index in [1.54, 1.807) is 98.8 Å². The number of fused-ring (bicyclic) bond motifs is 8. The number of ether oxygens (including phenoxy) is 8. The normalized spacial score (nSPS) is 14.0. The molecule has 26 heteroatoms. The summed E-state index contributed by atoms with van der Waals surface area (Å²) in [6.45, 7) is 7.06. The number of carboxylic acids is 9. The number of hydrogen-bond acceptors (Lipinski definition) is 17. The van der Waals surface area contributed by atoms with E-state index < -0.39 is 111 Å². The molecule has 0 spiro atoms. The topological polar surface area (TPSA) is 410 Å². The Morgan fingerprint density at radius 1 is 0.191 bits per heavy atom. The Hall–Kier alpha value is -15.7. The molecule has 0 fully saturated rings. The van der Waals surface area contributed by atoms with Gasteiger partial charge in [0.2, 0.25) is 0 Å². The van der Waals surface area contributed by atoms with Gasteiger partial charge in [0.25, 0.3) is 0 Å². The fraction of sp³-hybridized carbons (Fsp3) is 0.0899. The maximum atomic E-state index is 13.0. The summed E-state index contributed by atoms with van der Waals surface area (Å²) >= 11 is 0. The highest BCUT2D eigenvalue weighted by Gasteiger charge is 2.35. The van der Waals surface area contributed by atoms with Gasteiger partial charge in [-0.15, -0.1) is 0 Å². The summed E-state index contributed by atoms with van der Waals surface area (Å²) in [4.78, 5) is 115. The lowest BCUT2D eigenvalue weighted by atomic mass is 9.80. The molecule has 0 saturated carbocycles. The number of hydrogen-bond donors (Lipinski definition) is 9. The molecule has 8 bridgehead atoms. The molecule has 12 aromatic carbocycles. The molecule has 4 atom stereocenters. The maximum absolute atomic E-state index is 13.0. The summed E-state index contributed by atoms with van der Waals surface area (Å²) in [6.07, 6.45) is 0. The van der Waals surface area contributed by atoms with Crippen molar-refractivity contribution in [1.82, 2.24) is 0 Å². The first-order valence-corrected chi connectivity index (χ1v) is 35.1. The van der Waals surface area contributed by atoms with Crippen molar-refractivity contribution in [2.24, 2.45) is 0 Å². The summed E-state index contributed by atoms with van der Waals surface area (Å²) in [5, 5.41) is 93.1. The predicted molar refractivity (Wildman–Crippen MR) is 411 cm³/mol. The molecule has 12 aromatic rings. The first-order valence-electron chi connectivity index (χ1n) is 35.1. The van der Waals surface area contributed by atoms with Crippen LogP contribution in [0.1, 0.15) is 189 Å². The number of benzene rings is 12. The molecule has 115 heavy (non-hydrogen) atoms. The monoisotopic (exact) mass is 1550 g/mol. The lowest BCUT2D eigenvalue weighted by Crippen LogP contribution is -2.12. The van der Waals surface area contributed by atoms with Crippen molar-refractivity contribution in [3.8, 4) is 92.0 Å². The molecule has 1 aliphatic carbocycles. The van der Waals surface area contributed by atoms with Crippen molar-refractivity contribution in [3.63, 3.8) is 0 Å². The molecule has 26 nitrogen and oxygen atoms in total. The van der Waals surface area contributed by atoms with Crippen molar-refractivity contribution in [2.45, 2.75) is 51.4 Å². The van der Waals surface area contributed by atoms with Crippen LogP contribution in [-0.2, 0) is 0 Å². The van der Waals surface area contributed by atoms with E-state index in [0.717, 1.165) is 36.4 Å². The van der Waals surface area contributed by atoms with E-state index >= 15 is 0 Å². The van der Waals surface area contributed by atoms with Crippen LogP contribution in [0.4, 0.5) is 0 Å². The Balaban J connectivity index is 1.20. The number of para-hydroxylation sites is 2. The van der Waals surface area contributed by atoms with E-state index in [0.29, 0.717) is 28.2 Å². The lowest BCUT2D eigenvalue weighted by molar-refractivity contribution is 0.0651. The standard InChI is InChI=1S/C89H64O26/c1-44-62-36-63(74(109-52-17-9-6-10-18-52)40-73(62)108-51-15-7-5-8-16-51)45(2)66-38-68(78(42-77(66)112-55-20-12-14-50(32-55)83(94)95)113-56-25-28-59(84(96)97)70(33-56)87(102)103)47(4)69-39-67(46(3)64-37-65(44)76(111-54-19-11-13-49(31-54)82(92)93)41-75(64)110-53-23-21-48(22-24-53)81(90)91)79(114-57-26-29-60(85(98)99)71(34-57)88(104)105)43-80(69)115-58-27-30-61(86(100)101)72(35-58)89(106)107/h5-47H,1-4H3,(H,90,91)(H,92,93)(H,94,95)(H,96,97)(H,98,99)(H,100,101)(H,102,103)(H,104,105)(H,106,107). The minimum atomic E-state index is -1.67. The molecule has 0 aliphatic heterocycles. The van der Waals surface area contributed by atoms with Gasteiger partial charge in [-0.05, 0) is 164 Å². The minimum Gasteiger partial charge on any atom is -0.478 e. The van der Waals surface area contributed by atoms with E-state index in [9.17, 15) is 89.1 Å². The van der Waals surface area contributed by atoms with Gasteiger partial charge < -0.3 is 83.9 Å². The smallest absolute Gasteiger partial charge is 0.336 e. The molecule has 1 aliphatic rings. The van der Waals surface area contributed by atoms with Crippen molar-refractivity contribution < 1.29 is 127 Å². The molecule has 13 rings (SSSR count). The van der Waals surface area contributed by atoms with Gasteiger partial charge in [-0.1, -0.05) is 76.2 Å². The van der Waals surface area contributed by atoms with E-state index in [-0.39, 0.29) is 125 Å². The largest absolute Gasteiger partial charge is 0.478 e. The quantitative estimate of drug-likeness (QED) is 0.0257. The first kappa shape index (κ1) is 77.4. The second kappa shape index (κ2) is 32.5. The van der Waals surface area contributed by atoms with E-state index in [1.165, 1.54) is 109 Å². The zero-order valence-electron chi connectivity index (χ0n) is 60.8. The molecule has 0 heterocycles. The van der Waals surface area contributed by atoms with Crippen molar-refractivity contribution in [3.05, 3.63) is 331 Å². The van der Waals surface area contributed by atoms with Gasteiger partial charge in [-0.3, -0.25) is 0 Å². The third-order valence-corrected chi connectivity index (χ3v) is 19.2. The Morgan fingerprint density at radius 2 is 0.400 bits per heavy atom. The highest BCUT2D eigenvalue weighted by atomic mass is 16.5. The summed E-state index contributed by atoms with van der Waals surface area (Å²) in [6, 6.07) is 56.6. The maximum Gasteiger partial charge on any atom is 0.336 e. The highest BCUT2D eigenvalue weighted by Crippen LogP contribution is 2.54. The van der Waals surface area contributed by atoms with Crippen LogP contribution in [0.2, 0.25) is 0 Å². The van der Waals surface area contributed by atoms with Crippen LogP contribution in [-0.4, -0.2) is 99.7 Å². The SMILES string of the molecule is CC1c2cc(c(Oc3ccccc3)cc2Oc2ccccc2)C(C)c2cc(c(Oc3ccc(C(=O)O)c(C(=O)O)c3)cc2Oc2cccc(C(=O)O)c2)C(C)c2cc(c(Oc3ccc(C(=O)O)c(C(=O)O)c3)cc2Oc2ccc(C(=O)O)c(C(=O)O)c2)C(C)c2cc1c(Oc1cccc(C(=O)O)c1)cc2Oc1ccc(C(=O)O)cc1. The van der Waals surface area contributed by atoms with Gasteiger partial charge in [-0.25, -0.2) is 43.2 Å². The number of carboxylic acid groups (broad SMARTS) is 9. The highest BCUT2D eigenvalue weighted by molar-refractivity contribution is 6.04. The molecule has 9 N–H and O–H groups in total.